The predicted octanol–water partition coefficient (Wildman–Crippen LogP) is 3.40. The Labute approximate surface area is 188 Å². The number of aromatic amines is 1. The molecule has 1 aliphatic rings. The summed E-state index contributed by atoms with van der Waals surface area (Å²) in [6.45, 7) is 4.44. The van der Waals surface area contributed by atoms with Crippen molar-refractivity contribution in [2.24, 2.45) is 5.41 Å². The van der Waals surface area contributed by atoms with E-state index in [2.05, 4.69) is 34.5 Å². The van der Waals surface area contributed by atoms with E-state index < -0.39 is 9.84 Å². The highest BCUT2D eigenvalue weighted by atomic mass is 32.2. The fourth-order valence-electron chi connectivity index (χ4n) is 4.25. The minimum atomic E-state index is -3.12. The minimum Gasteiger partial charge on any atom is -0.318 e. The number of amides is 1. The number of H-pyrrole nitrogens is 1. The zero-order chi connectivity index (χ0) is 22.9. The summed E-state index contributed by atoms with van der Waals surface area (Å²) in [6.07, 6.45) is 7.64. The minimum absolute atomic E-state index is 0.0455. The molecule has 0 saturated heterocycles. The molecular formula is C23H29N5O3S. The van der Waals surface area contributed by atoms with Gasteiger partial charge in [-0.05, 0) is 36.7 Å². The van der Waals surface area contributed by atoms with Gasteiger partial charge in [0.05, 0.1) is 23.7 Å². The number of carbonyl (C=O) groups is 1. The second kappa shape index (κ2) is 8.54. The summed E-state index contributed by atoms with van der Waals surface area (Å²) in [5, 5.41) is 14.6. The Morgan fingerprint density at radius 2 is 2.03 bits per heavy atom. The van der Waals surface area contributed by atoms with Gasteiger partial charge in [-0.1, -0.05) is 44.2 Å². The fourth-order valence-corrected chi connectivity index (χ4v) is 4.90. The fraction of sp³-hybridized carbons (Fsp3) is 0.435. The molecule has 2 heterocycles. The molecule has 0 unspecified atom stereocenters. The molecule has 2 N–H and O–H groups in total. The van der Waals surface area contributed by atoms with E-state index >= 15 is 0 Å². The molecule has 0 radical (unpaired) electrons. The first-order chi connectivity index (χ1) is 15.1. The second-order valence-corrected chi connectivity index (χ2v) is 11.6. The number of anilines is 1. The first kappa shape index (κ1) is 22.3. The number of benzene rings is 1. The van der Waals surface area contributed by atoms with Crippen LogP contribution in [0.15, 0.2) is 42.7 Å². The number of nitrogens with one attached hydrogen (secondary N) is 2. The summed E-state index contributed by atoms with van der Waals surface area (Å²) in [5.41, 5.74) is 4.16. The Morgan fingerprint density at radius 3 is 2.75 bits per heavy atom. The van der Waals surface area contributed by atoms with Crippen LogP contribution < -0.4 is 5.32 Å². The molecule has 0 aliphatic heterocycles. The van der Waals surface area contributed by atoms with Gasteiger partial charge in [-0.3, -0.25) is 14.6 Å². The third-order valence-electron chi connectivity index (χ3n) is 6.00. The lowest BCUT2D eigenvalue weighted by atomic mass is 9.76. The van der Waals surface area contributed by atoms with E-state index in [9.17, 15) is 13.2 Å². The topological polar surface area (TPSA) is 110 Å². The second-order valence-electron chi connectivity index (χ2n) is 9.38. The van der Waals surface area contributed by atoms with Crippen LogP contribution in [-0.4, -0.2) is 46.3 Å². The van der Waals surface area contributed by atoms with Gasteiger partial charge in [0, 0.05) is 23.7 Å². The third-order valence-corrected chi connectivity index (χ3v) is 6.98. The van der Waals surface area contributed by atoms with Gasteiger partial charge >= 0.3 is 0 Å². The quantitative estimate of drug-likeness (QED) is 0.567. The summed E-state index contributed by atoms with van der Waals surface area (Å²) in [6, 6.07) is 9.39. The summed E-state index contributed by atoms with van der Waals surface area (Å²) >= 11 is 0. The van der Waals surface area contributed by atoms with Gasteiger partial charge in [0.25, 0.3) is 5.91 Å². The van der Waals surface area contributed by atoms with Crippen molar-refractivity contribution in [2.45, 2.75) is 45.6 Å². The van der Waals surface area contributed by atoms with Crippen molar-refractivity contribution in [1.82, 2.24) is 20.0 Å². The molecule has 1 atom stereocenters. The number of sulfone groups is 1. The first-order valence-electron chi connectivity index (χ1n) is 10.8. The van der Waals surface area contributed by atoms with Crippen molar-refractivity contribution in [1.29, 1.82) is 0 Å². The van der Waals surface area contributed by atoms with Crippen LogP contribution in [0.5, 0.6) is 0 Å². The van der Waals surface area contributed by atoms with Crippen molar-refractivity contribution in [3.8, 4) is 0 Å². The molecule has 4 rings (SSSR count). The van der Waals surface area contributed by atoms with Crippen molar-refractivity contribution in [3.63, 3.8) is 0 Å². The van der Waals surface area contributed by atoms with Gasteiger partial charge in [-0.25, -0.2) is 8.42 Å². The Kier molecular flexibility index (Phi) is 5.94. The van der Waals surface area contributed by atoms with E-state index in [1.54, 1.807) is 17.1 Å². The molecule has 9 heteroatoms. The highest BCUT2D eigenvalue weighted by Gasteiger charge is 2.30. The summed E-state index contributed by atoms with van der Waals surface area (Å²) < 4.78 is 25.2. The molecular weight excluding hydrogens is 426 g/mol. The van der Waals surface area contributed by atoms with E-state index in [4.69, 9.17) is 0 Å². The average molecular weight is 456 g/mol. The predicted molar refractivity (Wildman–Crippen MR) is 123 cm³/mol. The van der Waals surface area contributed by atoms with E-state index in [0.29, 0.717) is 17.8 Å². The van der Waals surface area contributed by atoms with Gasteiger partial charge in [-0.2, -0.15) is 10.2 Å². The number of rotatable bonds is 7. The van der Waals surface area contributed by atoms with Crippen LogP contribution in [0.3, 0.4) is 0 Å². The Bertz CT molecular complexity index is 1210. The van der Waals surface area contributed by atoms with Crippen LogP contribution in [0.25, 0.3) is 0 Å². The van der Waals surface area contributed by atoms with E-state index in [1.807, 2.05) is 30.3 Å². The van der Waals surface area contributed by atoms with E-state index in [-0.39, 0.29) is 23.1 Å². The molecule has 2 aromatic heterocycles. The van der Waals surface area contributed by atoms with Crippen molar-refractivity contribution in [2.75, 3.05) is 17.3 Å². The zero-order valence-electron chi connectivity index (χ0n) is 18.6. The number of aromatic nitrogens is 4. The zero-order valence-corrected chi connectivity index (χ0v) is 19.4. The van der Waals surface area contributed by atoms with Crippen LogP contribution in [-0.2, 0) is 22.7 Å². The maximum atomic E-state index is 12.9. The van der Waals surface area contributed by atoms with Gasteiger partial charge < -0.3 is 5.32 Å². The van der Waals surface area contributed by atoms with Crippen molar-refractivity contribution >= 4 is 21.4 Å². The normalized spacial score (nSPS) is 16.3. The molecule has 32 heavy (non-hydrogen) atoms. The molecule has 170 valence electrons. The molecule has 1 aliphatic carbocycles. The smallest absolute Gasteiger partial charge is 0.276 e. The van der Waals surface area contributed by atoms with Crippen LogP contribution in [0, 0.1) is 5.41 Å². The molecule has 1 amide bonds. The molecule has 0 saturated carbocycles. The largest absolute Gasteiger partial charge is 0.318 e. The van der Waals surface area contributed by atoms with Crippen LogP contribution >= 0.6 is 0 Å². The van der Waals surface area contributed by atoms with Gasteiger partial charge in [0.2, 0.25) is 0 Å². The van der Waals surface area contributed by atoms with Gasteiger partial charge in [-0.15, -0.1) is 0 Å². The molecule has 0 bridgehead atoms. The lowest BCUT2D eigenvalue weighted by Crippen LogP contribution is -2.23. The lowest BCUT2D eigenvalue weighted by Gasteiger charge is -2.28. The van der Waals surface area contributed by atoms with Crippen LogP contribution in [0.2, 0.25) is 0 Å². The number of fused-ring (bicyclic) bond motifs is 1. The Balaban J connectivity index is 1.52. The van der Waals surface area contributed by atoms with Gasteiger partial charge in [0.15, 0.2) is 5.69 Å². The van der Waals surface area contributed by atoms with Crippen molar-refractivity contribution in [3.05, 3.63) is 65.2 Å². The number of hydrogen-bond acceptors (Lipinski definition) is 5. The monoisotopic (exact) mass is 455 g/mol. The summed E-state index contributed by atoms with van der Waals surface area (Å²) in [5.74, 6) is -0.224. The third kappa shape index (κ3) is 5.09. The van der Waals surface area contributed by atoms with Crippen LogP contribution in [0.1, 0.15) is 60.0 Å². The first-order valence-corrected chi connectivity index (χ1v) is 12.8. The lowest BCUT2D eigenvalue weighted by molar-refractivity contribution is 0.102. The number of hydrogen-bond donors (Lipinski definition) is 2. The highest BCUT2D eigenvalue weighted by Crippen LogP contribution is 2.35. The summed E-state index contributed by atoms with van der Waals surface area (Å²) in [7, 11) is -3.12. The van der Waals surface area contributed by atoms with E-state index in [0.717, 1.165) is 36.1 Å². The molecule has 0 spiro atoms. The maximum Gasteiger partial charge on any atom is 0.276 e. The highest BCUT2D eigenvalue weighted by molar-refractivity contribution is 7.90. The molecule has 3 aromatic rings. The molecule has 1 aromatic carbocycles. The van der Waals surface area contributed by atoms with Crippen molar-refractivity contribution < 1.29 is 13.2 Å². The number of carbonyl (C=O) groups excluding carboxylic acids is 1. The summed E-state index contributed by atoms with van der Waals surface area (Å²) in [4.78, 5) is 12.9. The Morgan fingerprint density at radius 1 is 1.28 bits per heavy atom. The SMILES string of the molecule is CC1(C)CCc2c(C(=O)Nc3cnn([C@@H](CCS(C)(=O)=O)c4ccccc4)c3)n[nH]c2C1. The Hall–Kier alpha value is -2.94. The van der Waals surface area contributed by atoms with E-state index in [1.165, 1.54) is 6.26 Å². The molecule has 8 nitrogen and oxygen atoms in total. The standard InChI is InChI=1S/C23H29N5O3S/c1-23(2)11-9-18-19(13-23)26-27-21(18)22(29)25-17-14-24-28(15-17)20(10-12-32(3,30)31)16-7-5-4-6-8-16/h4-8,14-15,20H,9-13H2,1-3H3,(H,25,29)(H,26,27)/t20-/m0/s1. The molecule has 0 fully saturated rings. The average Bonchev–Trinajstić information content (AvgIpc) is 3.34. The van der Waals surface area contributed by atoms with Gasteiger partial charge in [0.1, 0.15) is 9.84 Å². The number of nitrogens with zero attached hydrogens (tertiary/aromatic N) is 3. The van der Waals surface area contributed by atoms with Crippen LogP contribution in [0.4, 0.5) is 5.69 Å². The maximum absolute atomic E-state index is 12.9.